The molecular formula is C11H9N3O2. The van der Waals surface area contributed by atoms with Crippen LogP contribution in [-0.4, -0.2) is 26.0 Å². The van der Waals surface area contributed by atoms with E-state index in [2.05, 4.69) is 15.0 Å². The van der Waals surface area contributed by atoms with Gasteiger partial charge < -0.3 is 5.11 Å². The quantitative estimate of drug-likeness (QED) is 0.823. The molecule has 2 aromatic heterocycles. The number of carbonyl (C=O) groups is 1. The molecule has 0 atom stereocenters. The summed E-state index contributed by atoms with van der Waals surface area (Å²) in [4.78, 5) is 23.3. The van der Waals surface area contributed by atoms with Gasteiger partial charge in [0.25, 0.3) is 0 Å². The minimum absolute atomic E-state index is 0.162. The number of hydrogen-bond acceptors (Lipinski definition) is 4. The maximum Gasteiger partial charge on any atom is 0.337 e. The lowest BCUT2D eigenvalue weighted by Gasteiger charge is -2.00. The van der Waals surface area contributed by atoms with Gasteiger partial charge in [0.2, 0.25) is 0 Å². The molecule has 2 aromatic rings. The van der Waals surface area contributed by atoms with Crippen molar-refractivity contribution in [2.75, 3.05) is 0 Å². The van der Waals surface area contributed by atoms with Crippen molar-refractivity contribution in [3.05, 3.63) is 29.8 Å². The van der Waals surface area contributed by atoms with Crippen molar-refractivity contribution in [1.82, 2.24) is 15.0 Å². The first-order chi connectivity index (χ1) is 7.74. The van der Waals surface area contributed by atoms with Gasteiger partial charge in [0.05, 0.1) is 5.56 Å². The van der Waals surface area contributed by atoms with Crippen molar-refractivity contribution in [2.24, 2.45) is 0 Å². The standard InChI is InChI=1S/C11H9N3O2/c15-11(16)8-3-7-4-12-9(6-1-2-6)14-10(7)13-5-8/h3-6H,1-2H2,(H,15,16). The molecule has 1 aliphatic rings. The largest absolute Gasteiger partial charge is 0.478 e. The highest BCUT2D eigenvalue weighted by atomic mass is 16.4. The van der Waals surface area contributed by atoms with Gasteiger partial charge in [-0.05, 0) is 18.9 Å². The number of hydrogen-bond donors (Lipinski definition) is 1. The molecule has 0 saturated heterocycles. The predicted octanol–water partition coefficient (Wildman–Crippen LogP) is 1.60. The fourth-order valence-electron chi connectivity index (χ4n) is 1.59. The molecule has 80 valence electrons. The van der Waals surface area contributed by atoms with E-state index >= 15 is 0 Å². The summed E-state index contributed by atoms with van der Waals surface area (Å²) < 4.78 is 0. The molecule has 1 N–H and O–H groups in total. The summed E-state index contributed by atoms with van der Waals surface area (Å²) in [6, 6.07) is 1.54. The maximum absolute atomic E-state index is 10.7. The second-order valence-corrected chi connectivity index (χ2v) is 3.94. The van der Waals surface area contributed by atoms with E-state index in [0.29, 0.717) is 17.0 Å². The molecule has 0 unspecified atom stereocenters. The number of carboxylic acids is 1. The molecule has 0 amide bonds. The molecular weight excluding hydrogens is 206 g/mol. The first kappa shape index (κ1) is 9.21. The summed E-state index contributed by atoms with van der Waals surface area (Å²) in [6.07, 6.45) is 5.25. The number of aromatic nitrogens is 3. The van der Waals surface area contributed by atoms with Crippen LogP contribution in [0.3, 0.4) is 0 Å². The number of rotatable bonds is 2. The molecule has 1 saturated carbocycles. The van der Waals surface area contributed by atoms with Gasteiger partial charge in [0, 0.05) is 23.7 Å². The molecule has 1 aliphatic carbocycles. The Bertz CT molecular complexity index is 578. The molecule has 1 fully saturated rings. The Morgan fingerprint density at radius 2 is 2.12 bits per heavy atom. The zero-order chi connectivity index (χ0) is 11.1. The summed E-state index contributed by atoms with van der Waals surface area (Å²) >= 11 is 0. The lowest BCUT2D eigenvalue weighted by molar-refractivity contribution is 0.0696. The third kappa shape index (κ3) is 1.50. The van der Waals surface area contributed by atoms with Crippen LogP contribution in [0.2, 0.25) is 0 Å². The zero-order valence-electron chi connectivity index (χ0n) is 8.42. The molecule has 0 bridgehead atoms. The highest BCUT2D eigenvalue weighted by Crippen LogP contribution is 2.38. The lowest BCUT2D eigenvalue weighted by atomic mass is 10.2. The summed E-state index contributed by atoms with van der Waals surface area (Å²) in [5.74, 6) is 0.314. The Hall–Kier alpha value is -2.04. The van der Waals surface area contributed by atoms with E-state index in [1.165, 1.54) is 6.20 Å². The molecule has 2 heterocycles. The van der Waals surface area contributed by atoms with E-state index in [4.69, 9.17) is 5.11 Å². The van der Waals surface area contributed by atoms with Crippen LogP contribution in [0, 0.1) is 0 Å². The lowest BCUT2D eigenvalue weighted by Crippen LogP contribution is -1.99. The third-order valence-electron chi connectivity index (χ3n) is 2.64. The van der Waals surface area contributed by atoms with Crippen LogP contribution in [-0.2, 0) is 0 Å². The Morgan fingerprint density at radius 3 is 2.81 bits per heavy atom. The smallest absolute Gasteiger partial charge is 0.337 e. The minimum Gasteiger partial charge on any atom is -0.478 e. The number of carboxylic acid groups (broad SMARTS) is 1. The summed E-state index contributed by atoms with van der Waals surface area (Å²) in [5, 5.41) is 9.49. The van der Waals surface area contributed by atoms with E-state index < -0.39 is 5.97 Å². The van der Waals surface area contributed by atoms with E-state index in [9.17, 15) is 4.79 Å². The van der Waals surface area contributed by atoms with Crippen LogP contribution in [0.25, 0.3) is 11.0 Å². The highest BCUT2D eigenvalue weighted by Gasteiger charge is 2.26. The second-order valence-electron chi connectivity index (χ2n) is 3.94. The van der Waals surface area contributed by atoms with Gasteiger partial charge in [-0.3, -0.25) is 0 Å². The van der Waals surface area contributed by atoms with E-state index in [1.807, 2.05) is 0 Å². The van der Waals surface area contributed by atoms with Crippen LogP contribution >= 0.6 is 0 Å². The number of fused-ring (bicyclic) bond motifs is 1. The third-order valence-corrected chi connectivity index (χ3v) is 2.64. The van der Waals surface area contributed by atoms with Crippen molar-refractivity contribution >= 4 is 17.0 Å². The van der Waals surface area contributed by atoms with Crippen molar-refractivity contribution in [2.45, 2.75) is 18.8 Å². The van der Waals surface area contributed by atoms with Crippen LogP contribution in [0.5, 0.6) is 0 Å². The zero-order valence-corrected chi connectivity index (χ0v) is 8.42. The number of aromatic carboxylic acids is 1. The number of pyridine rings is 1. The minimum atomic E-state index is -0.985. The van der Waals surface area contributed by atoms with E-state index in [1.54, 1.807) is 12.3 Å². The Balaban J connectivity index is 2.12. The van der Waals surface area contributed by atoms with Crippen LogP contribution in [0.15, 0.2) is 18.5 Å². The summed E-state index contributed by atoms with van der Waals surface area (Å²) in [7, 11) is 0. The fraction of sp³-hybridized carbons (Fsp3) is 0.273. The Labute approximate surface area is 91.2 Å². The Morgan fingerprint density at radius 1 is 1.31 bits per heavy atom. The van der Waals surface area contributed by atoms with Crippen molar-refractivity contribution in [3.8, 4) is 0 Å². The van der Waals surface area contributed by atoms with Gasteiger partial charge in [0.15, 0.2) is 5.65 Å². The molecule has 16 heavy (non-hydrogen) atoms. The van der Waals surface area contributed by atoms with E-state index in [0.717, 1.165) is 18.7 Å². The maximum atomic E-state index is 10.7. The highest BCUT2D eigenvalue weighted by molar-refractivity contribution is 5.91. The first-order valence-corrected chi connectivity index (χ1v) is 5.10. The van der Waals surface area contributed by atoms with Crippen LogP contribution in [0.1, 0.15) is 34.9 Å². The molecule has 3 rings (SSSR count). The monoisotopic (exact) mass is 215 g/mol. The van der Waals surface area contributed by atoms with Crippen molar-refractivity contribution < 1.29 is 9.90 Å². The molecule has 5 nitrogen and oxygen atoms in total. The topological polar surface area (TPSA) is 76.0 Å². The summed E-state index contributed by atoms with van der Waals surface area (Å²) in [6.45, 7) is 0. The Kier molecular flexibility index (Phi) is 1.86. The van der Waals surface area contributed by atoms with Crippen LogP contribution in [0.4, 0.5) is 0 Å². The molecule has 0 radical (unpaired) electrons. The average molecular weight is 215 g/mol. The van der Waals surface area contributed by atoms with Gasteiger partial charge in [-0.25, -0.2) is 19.7 Å². The van der Waals surface area contributed by atoms with Gasteiger partial charge in [0.1, 0.15) is 5.82 Å². The van der Waals surface area contributed by atoms with E-state index in [-0.39, 0.29) is 5.56 Å². The molecule has 0 spiro atoms. The average Bonchev–Trinajstić information content (AvgIpc) is 3.11. The van der Waals surface area contributed by atoms with Crippen LogP contribution < -0.4 is 0 Å². The van der Waals surface area contributed by atoms with Gasteiger partial charge in [-0.2, -0.15) is 0 Å². The van der Waals surface area contributed by atoms with Gasteiger partial charge in [-0.1, -0.05) is 0 Å². The molecule has 5 heteroatoms. The van der Waals surface area contributed by atoms with Gasteiger partial charge >= 0.3 is 5.97 Å². The number of nitrogens with zero attached hydrogens (tertiary/aromatic N) is 3. The van der Waals surface area contributed by atoms with Gasteiger partial charge in [-0.15, -0.1) is 0 Å². The first-order valence-electron chi connectivity index (χ1n) is 5.10. The van der Waals surface area contributed by atoms with Crippen molar-refractivity contribution in [3.63, 3.8) is 0 Å². The van der Waals surface area contributed by atoms with Crippen molar-refractivity contribution in [1.29, 1.82) is 0 Å². The second kappa shape index (κ2) is 3.23. The normalized spacial score (nSPS) is 15.2. The fourth-order valence-corrected chi connectivity index (χ4v) is 1.59. The molecule has 0 aromatic carbocycles. The summed E-state index contributed by atoms with van der Waals surface area (Å²) in [5.41, 5.74) is 0.733. The predicted molar refractivity (Wildman–Crippen MR) is 56.3 cm³/mol. The molecule has 0 aliphatic heterocycles. The SMILES string of the molecule is O=C(O)c1cnc2nc(C3CC3)ncc2c1.